The van der Waals surface area contributed by atoms with Gasteiger partial charge in [-0.15, -0.1) is 0 Å². The summed E-state index contributed by atoms with van der Waals surface area (Å²) in [6.45, 7) is 4.21. The molecule has 0 unspecified atom stereocenters. The summed E-state index contributed by atoms with van der Waals surface area (Å²) in [4.78, 5) is 14.5. The minimum atomic E-state index is -0.151. The molecule has 1 aromatic carbocycles. The average molecular weight is 358 g/mol. The van der Waals surface area contributed by atoms with E-state index in [1.807, 2.05) is 24.3 Å². The van der Waals surface area contributed by atoms with Gasteiger partial charge in [0.15, 0.2) is 0 Å². The van der Waals surface area contributed by atoms with Gasteiger partial charge in [0.25, 0.3) is 0 Å². The second-order valence-corrected chi connectivity index (χ2v) is 7.06. The predicted molar refractivity (Wildman–Crippen MR) is 97.9 cm³/mol. The number of hydrogen-bond donors (Lipinski definition) is 0. The summed E-state index contributed by atoms with van der Waals surface area (Å²) in [5, 5.41) is 1.05. The molecule has 3 aromatic rings. The van der Waals surface area contributed by atoms with Crippen molar-refractivity contribution in [2.45, 2.75) is 6.54 Å². The molecule has 0 spiro atoms. The second-order valence-electron chi connectivity index (χ2n) is 6.00. The second kappa shape index (κ2) is 6.93. The Labute approximate surface area is 149 Å². The van der Waals surface area contributed by atoms with Crippen LogP contribution >= 0.6 is 11.3 Å². The largest absolute Gasteiger partial charge is 0.481 e. The van der Waals surface area contributed by atoms with E-state index in [0.29, 0.717) is 11.6 Å². The van der Waals surface area contributed by atoms with Crippen LogP contribution in [0, 0.1) is 5.82 Å². The fraction of sp³-hybridized carbons (Fsp3) is 0.333. The number of aromatic nitrogens is 2. The molecule has 0 saturated carbocycles. The lowest BCUT2D eigenvalue weighted by Crippen LogP contribution is -2.46. The van der Waals surface area contributed by atoms with E-state index in [9.17, 15) is 4.39 Å². The van der Waals surface area contributed by atoms with Crippen LogP contribution in [0.4, 0.5) is 10.1 Å². The number of thiazole rings is 1. The van der Waals surface area contributed by atoms with Gasteiger partial charge >= 0.3 is 0 Å². The van der Waals surface area contributed by atoms with Crippen molar-refractivity contribution in [1.82, 2.24) is 14.9 Å². The topological polar surface area (TPSA) is 41.5 Å². The molecule has 4 rings (SSSR count). The van der Waals surface area contributed by atoms with Gasteiger partial charge in [0, 0.05) is 32.2 Å². The number of anilines is 1. The number of para-hydroxylation sites is 1. The van der Waals surface area contributed by atoms with E-state index in [-0.39, 0.29) is 5.82 Å². The van der Waals surface area contributed by atoms with Crippen molar-refractivity contribution in [3.63, 3.8) is 0 Å². The van der Waals surface area contributed by atoms with Crippen LogP contribution in [0.2, 0.25) is 0 Å². The van der Waals surface area contributed by atoms with Gasteiger partial charge in [-0.1, -0.05) is 23.5 Å². The Bertz CT molecular complexity index is 876. The molecular formula is C18H19FN4OS. The molecular weight excluding hydrogens is 339 g/mol. The Hall–Kier alpha value is -2.25. The number of halogens is 1. The fourth-order valence-corrected chi connectivity index (χ4v) is 4.04. The first-order valence-corrected chi connectivity index (χ1v) is 9.07. The molecule has 0 aliphatic carbocycles. The summed E-state index contributed by atoms with van der Waals surface area (Å²) in [6.07, 6.45) is 0. The summed E-state index contributed by atoms with van der Waals surface area (Å²) in [7, 11) is 1.62. The molecule has 2 aromatic heterocycles. The van der Waals surface area contributed by atoms with Crippen LogP contribution in [0.5, 0.6) is 5.88 Å². The van der Waals surface area contributed by atoms with E-state index >= 15 is 0 Å². The molecule has 1 saturated heterocycles. The van der Waals surface area contributed by atoms with E-state index in [1.165, 1.54) is 6.07 Å². The first-order valence-electron chi connectivity index (χ1n) is 8.25. The van der Waals surface area contributed by atoms with Gasteiger partial charge in [-0.25, -0.2) is 14.4 Å². The van der Waals surface area contributed by atoms with Crippen LogP contribution < -0.4 is 9.64 Å². The van der Waals surface area contributed by atoms with Crippen molar-refractivity contribution >= 4 is 27.4 Å². The third-order valence-electron chi connectivity index (χ3n) is 4.41. The lowest BCUT2D eigenvalue weighted by Gasteiger charge is -2.35. The molecule has 25 heavy (non-hydrogen) atoms. The molecule has 0 radical (unpaired) electrons. The van der Waals surface area contributed by atoms with E-state index in [2.05, 4.69) is 19.8 Å². The molecule has 1 aliphatic heterocycles. The highest BCUT2D eigenvalue weighted by molar-refractivity contribution is 7.18. The maximum atomic E-state index is 13.9. The average Bonchev–Trinajstić information content (AvgIpc) is 3.04. The Kier molecular flexibility index (Phi) is 4.50. The van der Waals surface area contributed by atoms with Gasteiger partial charge in [-0.05, 0) is 18.2 Å². The Morgan fingerprint density at radius 3 is 2.64 bits per heavy atom. The molecule has 130 valence electrons. The van der Waals surface area contributed by atoms with Crippen molar-refractivity contribution < 1.29 is 9.13 Å². The van der Waals surface area contributed by atoms with Crippen LogP contribution in [0.3, 0.4) is 0 Å². The van der Waals surface area contributed by atoms with E-state index in [0.717, 1.165) is 48.1 Å². The summed E-state index contributed by atoms with van der Waals surface area (Å²) >= 11 is 1.60. The summed E-state index contributed by atoms with van der Waals surface area (Å²) in [6, 6.07) is 10.7. The van der Waals surface area contributed by atoms with Gasteiger partial charge in [0.2, 0.25) is 5.88 Å². The Balaban J connectivity index is 1.41. The number of benzene rings is 1. The third kappa shape index (κ3) is 3.43. The number of methoxy groups -OCH3 is 1. The highest BCUT2D eigenvalue weighted by atomic mass is 32.1. The van der Waals surface area contributed by atoms with Crippen molar-refractivity contribution in [3.05, 3.63) is 47.2 Å². The minimum Gasteiger partial charge on any atom is -0.481 e. The standard InChI is InChI=1S/C18H19FN4OS/c1-24-16-7-6-14-18(21-16)25-17(20-14)12-22-8-10-23(11-9-22)15-5-3-2-4-13(15)19/h2-7H,8-12H2,1H3. The van der Waals surface area contributed by atoms with Gasteiger partial charge in [0.1, 0.15) is 21.2 Å². The Morgan fingerprint density at radius 1 is 1.08 bits per heavy atom. The van der Waals surface area contributed by atoms with Crippen molar-refractivity contribution in [3.8, 4) is 5.88 Å². The normalized spacial score (nSPS) is 15.7. The quantitative estimate of drug-likeness (QED) is 0.717. The van der Waals surface area contributed by atoms with E-state index in [4.69, 9.17) is 4.74 Å². The van der Waals surface area contributed by atoms with Gasteiger partial charge in [0.05, 0.1) is 19.3 Å². The smallest absolute Gasteiger partial charge is 0.214 e. The first-order chi connectivity index (χ1) is 12.2. The zero-order valence-corrected chi connectivity index (χ0v) is 14.8. The number of piperazine rings is 1. The first kappa shape index (κ1) is 16.2. The molecule has 0 N–H and O–H groups in total. The zero-order chi connectivity index (χ0) is 17.2. The molecule has 0 bridgehead atoms. The third-order valence-corrected chi connectivity index (χ3v) is 5.36. The molecule has 3 heterocycles. The number of pyridine rings is 1. The SMILES string of the molecule is COc1ccc2nc(CN3CCN(c4ccccc4F)CC3)sc2n1. The zero-order valence-electron chi connectivity index (χ0n) is 14.0. The van der Waals surface area contributed by atoms with E-state index < -0.39 is 0 Å². The number of rotatable bonds is 4. The van der Waals surface area contributed by atoms with Crippen molar-refractivity contribution in [1.29, 1.82) is 0 Å². The highest BCUT2D eigenvalue weighted by Crippen LogP contribution is 2.25. The maximum absolute atomic E-state index is 13.9. The summed E-state index contributed by atoms with van der Waals surface area (Å²) in [5.41, 5.74) is 1.60. The van der Waals surface area contributed by atoms with Crippen LogP contribution in [-0.2, 0) is 6.54 Å². The monoisotopic (exact) mass is 358 g/mol. The van der Waals surface area contributed by atoms with Crippen molar-refractivity contribution in [2.75, 3.05) is 38.2 Å². The van der Waals surface area contributed by atoms with Crippen LogP contribution in [0.1, 0.15) is 5.01 Å². The summed E-state index contributed by atoms with van der Waals surface area (Å²) < 4.78 is 19.1. The number of nitrogens with zero attached hydrogens (tertiary/aromatic N) is 4. The van der Waals surface area contributed by atoms with Gasteiger partial charge in [-0.2, -0.15) is 0 Å². The Morgan fingerprint density at radius 2 is 1.88 bits per heavy atom. The molecule has 0 atom stereocenters. The molecule has 0 amide bonds. The maximum Gasteiger partial charge on any atom is 0.214 e. The number of ether oxygens (including phenoxy) is 1. The summed E-state index contributed by atoms with van der Waals surface area (Å²) in [5.74, 6) is 0.461. The van der Waals surface area contributed by atoms with E-state index in [1.54, 1.807) is 24.5 Å². The molecule has 1 aliphatic rings. The molecule has 1 fully saturated rings. The molecule has 5 nitrogen and oxygen atoms in total. The fourth-order valence-electron chi connectivity index (χ4n) is 3.07. The van der Waals surface area contributed by atoms with Crippen LogP contribution in [0.15, 0.2) is 36.4 Å². The lowest BCUT2D eigenvalue weighted by atomic mass is 10.2. The minimum absolute atomic E-state index is 0.151. The molecule has 7 heteroatoms. The van der Waals surface area contributed by atoms with Crippen LogP contribution in [0.25, 0.3) is 10.3 Å². The van der Waals surface area contributed by atoms with Gasteiger partial charge in [-0.3, -0.25) is 4.90 Å². The lowest BCUT2D eigenvalue weighted by molar-refractivity contribution is 0.249. The number of fused-ring (bicyclic) bond motifs is 1. The predicted octanol–water partition coefficient (Wildman–Crippen LogP) is 3.16. The number of hydrogen-bond acceptors (Lipinski definition) is 6. The highest BCUT2D eigenvalue weighted by Gasteiger charge is 2.20. The van der Waals surface area contributed by atoms with Crippen molar-refractivity contribution in [2.24, 2.45) is 0 Å². The van der Waals surface area contributed by atoms with Crippen LogP contribution in [-0.4, -0.2) is 48.2 Å². The van der Waals surface area contributed by atoms with Gasteiger partial charge < -0.3 is 9.64 Å².